The maximum atomic E-state index is 4.69. The summed E-state index contributed by atoms with van der Waals surface area (Å²) in [4.78, 5) is 4.69. The quantitative estimate of drug-likeness (QED) is 0.692. The molecule has 16 heavy (non-hydrogen) atoms. The first-order valence-electron chi connectivity index (χ1n) is 5.38. The summed E-state index contributed by atoms with van der Waals surface area (Å²) in [5.74, 6) is 0. The maximum Gasteiger partial charge on any atom is 0.169 e. The molecule has 0 amide bonds. The Morgan fingerprint density at radius 2 is 1.81 bits per heavy atom. The first kappa shape index (κ1) is 11.3. The molecule has 2 aromatic rings. The monoisotopic (exact) mass is 233 g/mol. The van der Waals surface area contributed by atoms with Crippen molar-refractivity contribution in [2.24, 2.45) is 7.05 Å². The van der Waals surface area contributed by atoms with Crippen LogP contribution in [-0.4, -0.2) is 4.98 Å². The lowest BCUT2D eigenvalue weighted by Crippen LogP contribution is -2.25. The van der Waals surface area contributed by atoms with Gasteiger partial charge in [0.05, 0.1) is 5.69 Å². The molecule has 0 aromatic carbocycles. The minimum Gasteiger partial charge on any atom is -0.241 e. The summed E-state index contributed by atoms with van der Waals surface area (Å²) >= 11 is 1.72. The lowest BCUT2D eigenvalue weighted by molar-refractivity contribution is -0.671. The van der Waals surface area contributed by atoms with Crippen molar-refractivity contribution in [2.45, 2.75) is 26.2 Å². The lowest BCUT2D eigenvalue weighted by atomic mass is 9.93. The Hall–Kier alpha value is -1.22. The van der Waals surface area contributed by atoms with Gasteiger partial charge in [-0.05, 0) is 0 Å². The highest BCUT2D eigenvalue weighted by molar-refractivity contribution is 7.13. The van der Waals surface area contributed by atoms with Crippen LogP contribution in [0.5, 0.6) is 0 Å². The summed E-state index contributed by atoms with van der Waals surface area (Å²) in [5, 5.41) is 3.26. The highest BCUT2D eigenvalue weighted by atomic mass is 32.1. The molecule has 0 aliphatic carbocycles. The van der Waals surface area contributed by atoms with Crippen LogP contribution in [-0.2, 0) is 12.5 Å². The van der Waals surface area contributed by atoms with E-state index in [1.165, 1.54) is 11.3 Å². The van der Waals surface area contributed by atoms with E-state index in [4.69, 9.17) is 4.98 Å². The third-order valence-corrected chi connectivity index (χ3v) is 3.39. The van der Waals surface area contributed by atoms with E-state index < -0.39 is 0 Å². The van der Waals surface area contributed by atoms with Crippen molar-refractivity contribution in [1.82, 2.24) is 4.98 Å². The summed E-state index contributed by atoms with van der Waals surface area (Å²) in [7, 11) is 2.02. The zero-order chi connectivity index (χ0) is 11.8. The molecule has 2 aromatic heterocycles. The molecule has 2 rings (SSSR count). The molecule has 0 spiro atoms. The maximum absolute atomic E-state index is 4.69. The zero-order valence-corrected chi connectivity index (χ0v) is 11.0. The molecule has 0 saturated carbocycles. The summed E-state index contributed by atoms with van der Waals surface area (Å²) in [5.41, 5.74) is 2.49. The number of pyridine rings is 1. The fraction of sp³-hybridized carbons (Fsp3) is 0.385. The molecule has 0 saturated heterocycles. The normalized spacial score (nSPS) is 11.8. The Kier molecular flexibility index (Phi) is 2.80. The Morgan fingerprint density at radius 1 is 1.19 bits per heavy atom. The van der Waals surface area contributed by atoms with Crippen molar-refractivity contribution in [3.05, 3.63) is 35.6 Å². The van der Waals surface area contributed by atoms with Gasteiger partial charge in [-0.25, -0.2) is 9.55 Å². The van der Waals surface area contributed by atoms with Gasteiger partial charge in [0.2, 0.25) is 0 Å². The fourth-order valence-electron chi connectivity index (χ4n) is 1.39. The number of rotatable bonds is 1. The van der Waals surface area contributed by atoms with Crippen LogP contribution in [0.3, 0.4) is 0 Å². The minimum absolute atomic E-state index is 0.133. The van der Waals surface area contributed by atoms with Crippen molar-refractivity contribution in [3.8, 4) is 10.6 Å². The Labute approximate surface area is 101 Å². The second kappa shape index (κ2) is 3.98. The van der Waals surface area contributed by atoms with E-state index in [-0.39, 0.29) is 5.41 Å². The topological polar surface area (TPSA) is 16.8 Å². The first-order valence-corrected chi connectivity index (χ1v) is 6.26. The predicted molar refractivity (Wildman–Crippen MR) is 67.4 cm³/mol. The molecule has 0 bridgehead atoms. The van der Waals surface area contributed by atoms with Gasteiger partial charge >= 0.3 is 0 Å². The Balaban J connectivity index is 2.35. The largest absolute Gasteiger partial charge is 0.241 e. The van der Waals surface area contributed by atoms with Crippen LogP contribution in [0.4, 0.5) is 0 Å². The molecule has 0 radical (unpaired) electrons. The number of hydrogen-bond acceptors (Lipinski definition) is 2. The molecule has 0 fully saturated rings. The minimum atomic E-state index is 0.133. The number of nitrogens with zero attached hydrogens (tertiary/aromatic N) is 2. The third-order valence-electron chi connectivity index (χ3n) is 2.50. The zero-order valence-electron chi connectivity index (χ0n) is 10.2. The number of hydrogen-bond donors (Lipinski definition) is 0. The highest BCUT2D eigenvalue weighted by Gasteiger charge is 2.17. The van der Waals surface area contributed by atoms with Crippen LogP contribution in [0.1, 0.15) is 26.5 Å². The summed E-state index contributed by atoms with van der Waals surface area (Å²) in [6.07, 6.45) is 4.10. The molecule has 3 heteroatoms. The number of thiazole rings is 1. The molecule has 0 unspecified atom stereocenters. The van der Waals surface area contributed by atoms with Crippen molar-refractivity contribution >= 4 is 11.3 Å². The molecule has 0 aliphatic heterocycles. The van der Waals surface area contributed by atoms with Gasteiger partial charge in [-0.2, -0.15) is 0 Å². The highest BCUT2D eigenvalue weighted by Crippen LogP contribution is 2.29. The molecule has 0 aliphatic rings. The second-order valence-corrected chi connectivity index (χ2v) is 5.90. The SMILES string of the molecule is C[n+]1ccc(-c2nc(C(C)(C)C)cs2)cc1. The lowest BCUT2D eigenvalue weighted by Gasteiger charge is -2.14. The van der Waals surface area contributed by atoms with Crippen molar-refractivity contribution < 1.29 is 4.57 Å². The van der Waals surface area contributed by atoms with Gasteiger partial charge in [-0.15, -0.1) is 11.3 Å². The van der Waals surface area contributed by atoms with Gasteiger partial charge in [0.1, 0.15) is 12.1 Å². The Morgan fingerprint density at radius 3 is 2.31 bits per heavy atom. The first-order chi connectivity index (χ1) is 7.47. The summed E-state index contributed by atoms with van der Waals surface area (Å²) in [6.45, 7) is 6.57. The predicted octanol–water partition coefficient (Wildman–Crippen LogP) is 2.93. The fourth-order valence-corrected chi connectivity index (χ4v) is 2.45. The number of aromatic nitrogens is 2. The molecular weight excluding hydrogens is 216 g/mol. The average molecular weight is 233 g/mol. The Bertz CT molecular complexity index is 477. The molecule has 0 atom stereocenters. The van der Waals surface area contributed by atoms with Crippen LogP contribution < -0.4 is 4.57 Å². The summed E-state index contributed by atoms with van der Waals surface area (Å²) in [6, 6.07) is 4.20. The van der Waals surface area contributed by atoms with E-state index in [1.54, 1.807) is 11.3 Å². The van der Waals surface area contributed by atoms with E-state index in [9.17, 15) is 0 Å². The molecule has 2 heterocycles. The number of aryl methyl sites for hydroxylation is 1. The molecule has 0 N–H and O–H groups in total. The van der Waals surface area contributed by atoms with Crippen LogP contribution in [0, 0.1) is 0 Å². The smallest absolute Gasteiger partial charge is 0.169 e. The van der Waals surface area contributed by atoms with E-state index in [0.29, 0.717) is 0 Å². The van der Waals surface area contributed by atoms with E-state index in [1.807, 2.05) is 24.0 Å². The van der Waals surface area contributed by atoms with Crippen molar-refractivity contribution in [3.63, 3.8) is 0 Å². The average Bonchev–Trinajstić information content (AvgIpc) is 2.67. The van der Waals surface area contributed by atoms with Gasteiger partial charge in [-0.3, -0.25) is 0 Å². The third kappa shape index (κ3) is 2.30. The van der Waals surface area contributed by atoms with E-state index >= 15 is 0 Å². The van der Waals surface area contributed by atoms with Crippen LogP contribution >= 0.6 is 11.3 Å². The van der Waals surface area contributed by atoms with Gasteiger partial charge < -0.3 is 0 Å². The molecular formula is C13H17N2S+. The second-order valence-electron chi connectivity index (χ2n) is 5.04. The van der Waals surface area contributed by atoms with Gasteiger partial charge in [0.15, 0.2) is 12.4 Å². The summed E-state index contributed by atoms with van der Waals surface area (Å²) < 4.78 is 2.03. The van der Waals surface area contributed by atoms with E-state index in [2.05, 4.69) is 38.3 Å². The van der Waals surface area contributed by atoms with Crippen LogP contribution in [0.2, 0.25) is 0 Å². The van der Waals surface area contributed by atoms with E-state index in [0.717, 1.165) is 5.01 Å². The van der Waals surface area contributed by atoms with Crippen molar-refractivity contribution in [1.29, 1.82) is 0 Å². The van der Waals surface area contributed by atoms with Crippen molar-refractivity contribution in [2.75, 3.05) is 0 Å². The molecule has 84 valence electrons. The van der Waals surface area contributed by atoms with Gasteiger partial charge in [0.25, 0.3) is 0 Å². The standard InChI is InChI=1S/C13H17N2S/c1-13(2,3)11-9-16-12(14-11)10-5-7-15(4)8-6-10/h5-9H,1-4H3/q+1. The van der Waals surface area contributed by atoms with Crippen LogP contribution in [0.15, 0.2) is 29.9 Å². The van der Waals surface area contributed by atoms with Crippen LogP contribution in [0.25, 0.3) is 10.6 Å². The van der Waals surface area contributed by atoms with Gasteiger partial charge in [-0.1, -0.05) is 20.8 Å². The van der Waals surface area contributed by atoms with Gasteiger partial charge in [0, 0.05) is 28.5 Å². The molecule has 2 nitrogen and oxygen atoms in total.